The maximum atomic E-state index is 5.72. The molecule has 0 saturated carbocycles. The Morgan fingerprint density at radius 2 is 1.95 bits per heavy atom. The summed E-state index contributed by atoms with van der Waals surface area (Å²) < 4.78 is 11.3. The molecular weight excluding hydrogens is 238 g/mol. The fraction of sp³-hybridized carbons (Fsp3) is 0.312. The highest BCUT2D eigenvalue weighted by Crippen LogP contribution is 2.32. The Morgan fingerprint density at radius 3 is 2.63 bits per heavy atom. The van der Waals surface area contributed by atoms with Gasteiger partial charge in [0.1, 0.15) is 12.4 Å². The van der Waals surface area contributed by atoms with Crippen LogP contribution in [0.2, 0.25) is 0 Å². The summed E-state index contributed by atoms with van der Waals surface area (Å²) in [5.41, 5.74) is 0.762. The van der Waals surface area contributed by atoms with Gasteiger partial charge in [0, 0.05) is 5.39 Å². The van der Waals surface area contributed by atoms with Gasteiger partial charge in [-0.05, 0) is 25.3 Å². The van der Waals surface area contributed by atoms with Crippen molar-refractivity contribution in [3.63, 3.8) is 0 Å². The van der Waals surface area contributed by atoms with Crippen LogP contribution in [0.4, 0.5) is 0 Å². The van der Waals surface area contributed by atoms with Gasteiger partial charge in [0.05, 0.1) is 18.2 Å². The third-order valence-corrected chi connectivity index (χ3v) is 3.28. The van der Waals surface area contributed by atoms with Crippen molar-refractivity contribution in [2.75, 3.05) is 13.7 Å². The number of hydrogen-bond acceptors (Lipinski definition) is 3. The van der Waals surface area contributed by atoms with E-state index in [2.05, 4.69) is 37.0 Å². The molecule has 0 bridgehead atoms. The molecule has 2 aromatic rings. The minimum Gasteiger partial charge on any atom is -0.495 e. The summed E-state index contributed by atoms with van der Waals surface area (Å²) in [6.45, 7) is 4.74. The van der Waals surface area contributed by atoms with Gasteiger partial charge in [0.25, 0.3) is 0 Å². The van der Waals surface area contributed by atoms with Crippen LogP contribution in [-0.4, -0.2) is 25.2 Å². The summed E-state index contributed by atoms with van der Waals surface area (Å²) >= 11 is 0. The number of fused-ring (bicyclic) bond motifs is 1. The Labute approximate surface area is 112 Å². The summed E-state index contributed by atoms with van der Waals surface area (Å²) in [5.74, 6) is 1.50. The Kier molecular flexibility index (Phi) is 2.70. The number of nitrogens with zero attached hydrogens (tertiary/aromatic N) is 1. The second kappa shape index (κ2) is 4.26. The Bertz CT molecular complexity index is 659. The standard InChI is InChI=1S/C16H17NO2/c1-16(2)10-19-15(17-16)13-9-8-11-6-4-5-7-12(11)14(13)18-3/h4-9H,10H2,1-3H3. The average molecular weight is 255 g/mol. The number of benzene rings is 2. The van der Waals surface area contributed by atoms with E-state index in [1.54, 1.807) is 7.11 Å². The van der Waals surface area contributed by atoms with E-state index in [1.807, 2.05) is 18.2 Å². The summed E-state index contributed by atoms with van der Waals surface area (Å²) in [5, 5.41) is 2.24. The number of rotatable bonds is 2. The second-order valence-electron chi connectivity index (χ2n) is 5.39. The molecule has 0 unspecified atom stereocenters. The minimum absolute atomic E-state index is 0.161. The molecule has 0 radical (unpaired) electrons. The molecule has 0 fully saturated rings. The average Bonchev–Trinajstić information content (AvgIpc) is 2.77. The number of ether oxygens (including phenoxy) is 2. The van der Waals surface area contributed by atoms with Gasteiger partial charge in [-0.1, -0.05) is 30.3 Å². The lowest BCUT2D eigenvalue weighted by atomic mass is 10.0. The molecule has 1 aliphatic rings. The van der Waals surface area contributed by atoms with Crippen molar-refractivity contribution in [1.29, 1.82) is 0 Å². The molecule has 0 N–H and O–H groups in total. The Morgan fingerprint density at radius 1 is 1.16 bits per heavy atom. The van der Waals surface area contributed by atoms with Crippen LogP contribution in [0.3, 0.4) is 0 Å². The van der Waals surface area contributed by atoms with E-state index in [-0.39, 0.29) is 5.54 Å². The highest BCUT2D eigenvalue weighted by Gasteiger charge is 2.28. The molecular formula is C16H17NO2. The smallest absolute Gasteiger partial charge is 0.220 e. The van der Waals surface area contributed by atoms with Crippen molar-refractivity contribution in [2.45, 2.75) is 19.4 Å². The number of methoxy groups -OCH3 is 1. The molecule has 0 spiro atoms. The molecule has 1 aliphatic heterocycles. The summed E-state index contributed by atoms with van der Waals surface area (Å²) in [7, 11) is 1.69. The highest BCUT2D eigenvalue weighted by atomic mass is 16.5. The van der Waals surface area contributed by atoms with Crippen LogP contribution in [-0.2, 0) is 4.74 Å². The van der Waals surface area contributed by atoms with Crippen molar-refractivity contribution in [2.24, 2.45) is 4.99 Å². The molecule has 3 rings (SSSR count). The fourth-order valence-electron chi connectivity index (χ4n) is 2.35. The second-order valence-corrected chi connectivity index (χ2v) is 5.39. The summed E-state index contributed by atoms with van der Waals surface area (Å²) in [6.07, 6.45) is 0. The SMILES string of the molecule is COc1c(C2=NC(C)(C)CO2)ccc2ccccc12. The molecule has 0 amide bonds. The summed E-state index contributed by atoms with van der Waals surface area (Å²) in [6, 6.07) is 12.2. The normalized spacial score (nSPS) is 17.1. The van der Waals surface area contributed by atoms with Gasteiger partial charge in [0.15, 0.2) is 0 Å². The first-order valence-corrected chi connectivity index (χ1v) is 6.39. The van der Waals surface area contributed by atoms with Gasteiger partial charge >= 0.3 is 0 Å². The zero-order chi connectivity index (χ0) is 13.5. The third-order valence-electron chi connectivity index (χ3n) is 3.28. The van der Waals surface area contributed by atoms with Crippen LogP contribution in [0.5, 0.6) is 5.75 Å². The van der Waals surface area contributed by atoms with Crippen molar-refractivity contribution in [3.8, 4) is 5.75 Å². The zero-order valence-corrected chi connectivity index (χ0v) is 11.4. The first-order valence-electron chi connectivity index (χ1n) is 6.39. The lowest BCUT2D eigenvalue weighted by Crippen LogP contribution is -2.17. The van der Waals surface area contributed by atoms with Crippen LogP contribution in [0.1, 0.15) is 19.4 Å². The highest BCUT2D eigenvalue weighted by molar-refractivity contribution is 6.04. The van der Waals surface area contributed by atoms with Crippen molar-refractivity contribution in [3.05, 3.63) is 42.0 Å². The Balaban J connectivity index is 2.20. The maximum Gasteiger partial charge on any atom is 0.220 e. The quantitative estimate of drug-likeness (QED) is 0.823. The zero-order valence-electron chi connectivity index (χ0n) is 11.4. The fourth-order valence-corrected chi connectivity index (χ4v) is 2.35. The third kappa shape index (κ3) is 2.05. The molecule has 0 atom stereocenters. The molecule has 3 heteroatoms. The van der Waals surface area contributed by atoms with Gasteiger partial charge in [-0.3, -0.25) is 0 Å². The van der Waals surface area contributed by atoms with Crippen LogP contribution in [0, 0.1) is 0 Å². The molecule has 98 valence electrons. The van der Waals surface area contributed by atoms with Crippen LogP contribution < -0.4 is 4.74 Å². The van der Waals surface area contributed by atoms with Gasteiger partial charge in [-0.25, -0.2) is 4.99 Å². The molecule has 2 aromatic carbocycles. The molecule has 3 nitrogen and oxygen atoms in total. The van der Waals surface area contributed by atoms with Gasteiger partial charge < -0.3 is 9.47 Å². The monoisotopic (exact) mass is 255 g/mol. The van der Waals surface area contributed by atoms with E-state index in [0.29, 0.717) is 12.5 Å². The van der Waals surface area contributed by atoms with Gasteiger partial charge in [0.2, 0.25) is 5.90 Å². The topological polar surface area (TPSA) is 30.8 Å². The molecule has 0 aliphatic carbocycles. The number of hydrogen-bond donors (Lipinski definition) is 0. The first kappa shape index (κ1) is 12.0. The lowest BCUT2D eigenvalue weighted by Gasteiger charge is -2.11. The first-order chi connectivity index (χ1) is 9.11. The van der Waals surface area contributed by atoms with Crippen molar-refractivity contribution in [1.82, 2.24) is 0 Å². The van der Waals surface area contributed by atoms with Crippen molar-refractivity contribution >= 4 is 16.7 Å². The molecule has 0 aromatic heterocycles. The van der Waals surface area contributed by atoms with Gasteiger partial charge in [-0.15, -0.1) is 0 Å². The predicted molar refractivity (Wildman–Crippen MR) is 77.1 cm³/mol. The molecule has 19 heavy (non-hydrogen) atoms. The Hall–Kier alpha value is -2.03. The maximum absolute atomic E-state index is 5.72. The predicted octanol–water partition coefficient (Wildman–Crippen LogP) is 3.40. The summed E-state index contributed by atoms with van der Waals surface area (Å²) in [4.78, 5) is 4.62. The number of aliphatic imine (C=N–C) groups is 1. The molecule has 1 heterocycles. The van der Waals surface area contributed by atoms with E-state index in [9.17, 15) is 0 Å². The van der Waals surface area contributed by atoms with E-state index >= 15 is 0 Å². The van der Waals surface area contributed by atoms with E-state index in [0.717, 1.165) is 22.1 Å². The van der Waals surface area contributed by atoms with E-state index < -0.39 is 0 Å². The van der Waals surface area contributed by atoms with E-state index in [4.69, 9.17) is 9.47 Å². The lowest BCUT2D eigenvalue weighted by molar-refractivity contribution is 0.278. The van der Waals surface area contributed by atoms with Crippen LogP contribution in [0.25, 0.3) is 10.8 Å². The van der Waals surface area contributed by atoms with Crippen LogP contribution >= 0.6 is 0 Å². The minimum atomic E-state index is -0.161. The van der Waals surface area contributed by atoms with Gasteiger partial charge in [-0.2, -0.15) is 0 Å². The molecule has 0 saturated heterocycles. The van der Waals surface area contributed by atoms with Crippen LogP contribution in [0.15, 0.2) is 41.4 Å². The largest absolute Gasteiger partial charge is 0.495 e. The van der Waals surface area contributed by atoms with Crippen molar-refractivity contribution < 1.29 is 9.47 Å². The van der Waals surface area contributed by atoms with E-state index in [1.165, 1.54) is 0 Å².